The Hall–Kier alpha value is -3.38. The number of halogens is 1. The number of fused-ring (bicyclic) bond motifs is 2. The highest BCUT2D eigenvalue weighted by molar-refractivity contribution is 6.34. The SMILES string of the molecule is Cc1nc(-c2ccc(N3c4ccccc4[N]Cc4cccnc43)c(Cl)c2)n[nH]1. The van der Waals surface area contributed by atoms with E-state index in [-0.39, 0.29) is 0 Å². The minimum atomic E-state index is 0.572. The molecule has 0 fully saturated rings. The average Bonchev–Trinajstić information content (AvgIpc) is 3.08. The van der Waals surface area contributed by atoms with Gasteiger partial charge in [-0.1, -0.05) is 29.8 Å². The van der Waals surface area contributed by atoms with Crippen LogP contribution in [-0.2, 0) is 6.54 Å². The summed E-state index contributed by atoms with van der Waals surface area (Å²) in [5.74, 6) is 2.21. The highest BCUT2D eigenvalue weighted by Gasteiger charge is 2.25. The zero-order valence-electron chi connectivity index (χ0n) is 15.1. The summed E-state index contributed by atoms with van der Waals surface area (Å²) in [6.45, 7) is 2.44. The molecule has 3 heterocycles. The normalized spacial score (nSPS) is 12.7. The van der Waals surface area contributed by atoms with Crippen molar-refractivity contribution in [2.45, 2.75) is 13.5 Å². The Morgan fingerprint density at radius 2 is 1.93 bits per heavy atom. The van der Waals surface area contributed by atoms with Crippen molar-refractivity contribution in [2.75, 3.05) is 4.90 Å². The van der Waals surface area contributed by atoms with Crippen LogP contribution in [0.25, 0.3) is 11.4 Å². The van der Waals surface area contributed by atoms with Crippen molar-refractivity contribution in [1.29, 1.82) is 0 Å². The van der Waals surface area contributed by atoms with Crippen LogP contribution in [0.2, 0.25) is 5.02 Å². The van der Waals surface area contributed by atoms with Crippen LogP contribution in [0.15, 0.2) is 60.8 Å². The molecular formula is C21H16ClN6. The van der Waals surface area contributed by atoms with E-state index in [0.29, 0.717) is 17.4 Å². The van der Waals surface area contributed by atoms with Crippen molar-refractivity contribution in [3.63, 3.8) is 0 Å². The molecule has 1 N–H and O–H groups in total. The number of pyridine rings is 1. The number of benzene rings is 2. The summed E-state index contributed by atoms with van der Waals surface area (Å²) < 4.78 is 0. The number of nitrogens with one attached hydrogen (secondary N) is 1. The largest absolute Gasteiger partial charge is 0.291 e. The third-order valence-corrected chi connectivity index (χ3v) is 4.97. The molecule has 0 saturated carbocycles. The average molecular weight is 388 g/mol. The van der Waals surface area contributed by atoms with Gasteiger partial charge in [-0.05, 0) is 43.3 Å². The molecule has 0 unspecified atom stereocenters. The first-order valence-electron chi connectivity index (χ1n) is 8.90. The van der Waals surface area contributed by atoms with Gasteiger partial charge >= 0.3 is 0 Å². The van der Waals surface area contributed by atoms with Crippen LogP contribution in [0.3, 0.4) is 0 Å². The summed E-state index contributed by atoms with van der Waals surface area (Å²) in [7, 11) is 0. The van der Waals surface area contributed by atoms with E-state index in [1.807, 2.05) is 61.5 Å². The fourth-order valence-electron chi connectivity index (χ4n) is 3.37. The van der Waals surface area contributed by atoms with Crippen LogP contribution in [0.1, 0.15) is 11.4 Å². The quantitative estimate of drug-likeness (QED) is 0.522. The number of anilines is 3. The van der Waals surface area contributed by atoms with Gasteiger partial charge in [0.15, 0.2) is 5.82 Å². The molecule has 1 aliphatic rings. The zero-order chi connectivity index (χ0) is 19.1. The number of hydrogen-bond donors (Lipinski definition) is 1. The molecule has 0 saturated heterocycles. The Bertz CT molecular complexity index is 1120. The van der Waals surface area contributed by atoms with Gasteiger partial charge < -0.3 is 0 Å². The smallest absolute Gasteiger partial charge is 0.181 e. The lowest BCUT2D eigenvalue weighted by Crippen LogP contribution is -2.13. The minimum Gasteiger partial charge on any atom is -0.291 e. The third kappa shape index (κ3) is 2.78. The van der Waals surface area contributed by atoms with Gasteiger partial charge in [-0.25, -0.2) is 9.97 Å². The molecule has 0 aliphatic carbocycles. The number of aromatic nitrogens is 4. The van der Waals surface area contributed by atoms with Gasteiger partial charge in [-0.15, -0.1) is 0 Å². The standard InChI is InChI=1S/C21H16ClN6/c1-13-25-20(27-26-13)14-8-9-18(16(22)11-14)28-19-7-3-2-6-17(19)24-12-15-5-4-10-23-21(15)28/h2-11H,12H2,1H3,(H,25,26,27). The van der Waals surface area contributed by atoms with Crippen LogP contribution >= 0.6 is 11.6 Å². The summed E-state index contributed by atoms with van der Waals surface area (Å²) in [5.41, 5.74) is 4.59. The van der Waals surface area contributed by atoms with Gasteiger partial charge in [0.05, 0.1) is 28.6 Å². The van der Waals surface area contributed by atoms with Gasteiger partial charge in [0.25, 0.3) is 0 Å². The van der Waals surface area contributed by atoms with Gasteiger partial charge in [-0.3, -0.25) is 15.3 Å². The molecule has 1 aliphatic heterocycles. The Labute approximate surface area is 167 Å². The second-order valence-electron chi connectivity index (χ2n) is 6.54. The molecule has 0 bridgehead atoms. The van der Waals surface area contributed by atoms with Crippen LogP contribution in [0.5, 0.6) is 0 Å². The summed E-state index contributed by atoms with van der Waals surface area (Å²) >= 11 is 6.74. The first-order chi connectivity index (χ1) is 13.7. The minimum absolute atomic E-state index is 0.572. The number of H-pyrrole nitrogens is 1. The maximum Gasteiger partial charge on any atom is 0.181 e. The fraction of sp³-hybridized carbons (Fsp3) is 0.0952. The van der Waals surface area contributed by atoms with Crippen molar-refractivity contribution < 1.29 is 0 Å². The van der Waals surface area contributed by atoms with E-state index in [1.54, 1.807) is 6.20 Å². The summed E-state index contributed by atoms with van der Waals surface area (Å²) in [5, 5.41) is 12.4. The molecule has 2 aromatic carbocycles. The van der Waals surface area contributed by atoms with Crippen LogP contribution < -0.4 is 10.2 Å². The Morgan fingerprint density at radius 1 is 1.04 bits per heavy atom. The van der Waals surface area contributed by atoms with Crippen LogP contribution in [0.4, 0.5) is 22.9 Å². The monoisotopic (exact) mass is 387 g/mol. The fourth-order valence-corrected chi connectivity index (χ4v) is 3.63. The molecule has 5 rings (SSSR count). The maximum absolute atomic E-state index is 6.74. The number of aromatic amines is 1. The van der Waals surface area contributed by atoms with Crippen molar-refractivity contribution in [3.05, 3.63) is 77.2 Å². The number of nitrogens with zero attached hydrogens (tertiary/aromatic N) is 5. The van der Waals surface area contributed by atoms with Crippen molar-refractivity contribution in [1.82, 2.24) is 25.5 Å². The van der Waals surface area contributed by atoms with E-state index in [1.165, 1.54) is 0 Å². The Balaban J connectivity index is 1.68. The van der Waals surface area contributed by atoms with Gasteiger partial charge in [0.1, 0.15) is 11.6 Å². The van der Waals surface area contributed by atoms with E-state index >= 15 is 0 Å². The summed E-state index contributed by atoms with van der Waals surface area (Å²) in [6.07, 6.45) is 1.79. The van der Waals surface area contributed by atoms with Crippen LogP contribution in [-0.4, -0.2) is 20.2 Å². The number of rotatable bonds is 2. The predicted octanol–water partition coefficient (Wildman–Crippen LogP) is 5.05. The molecule has 2 aromatic heterocycles. The molecule has 6 nitrogen and oxygen atoms in total. The third-order valence-electron chi connectivity index (χ3n) is 4.67. The van der Waals surface area contributed by atoms with Gasteiger partial charge in [0.2, 0.25) is 0 Å². The van der Waals surface area contributed by atoms with E-state index in [2.05, 4.69) is 25.1 Å². The zero-order valence-corrected chi connectivity index (χ0v) is 15.9. The van der Waals surface area contributed by atoms with Crippen molar-refractivity contribution in [2.24, 2.45) is 0 Å². The van der Waals surface area contributed by atoms with Gasteiger partial charge in [-0.2, -0.15) is 5.10 Å². The molecule has 0 amide bonds. The Kier molecular flexibility index (Phi) is 3.98. The lowest BCUT2D eigenvalue weighted by atomic mass is 10.1. The lowest BCUT2D eigenvalue weighted by Gasteiger charge is -2.26. The number of hydrogen-bond acceptors (Lipinski definition) is 4. The van der Waals surface area contributed by atoms with E-state index in [0.717, 1.165) is 39.8 Å². The number of aryl methyl sites for hydroxylation is 1. The number of para-hydroxylation sites is 2. The second kappa shape index (κ2) is 6.65. The predicted molar refractivity (Wildman–Crippen MR) is 110 cm³/mol. The summed E-state index contributed by atoms with van der Waals surface area (Å²) in [4.78, 5) is 11.1. The molecule has 1 radical (unpaired) electrons. The van der Waals surface area contributed by atoms with Crippen LogP contribution in [0, 0.1) is 6.92 Å². The highest BCUT2D eigenvalue weighted by atomic mass is 35.5. The van der Waals surface area contributed by atoms with E-state index in [9.17, 15) is 0 Å². The molecule has 28 heavy (non-hydrogen) atoms. The maximum atomic E-state index is 6.74. The molecule has 4 aromatic rings. The molecule has 0 spiro atoms. The molecule has 137 valence electrons. The van der Waals surface area contributed by atoms with E-state index < -0.39 is 0 Å². The van der Waals surface area contributed by atoms with E-state index in [4.69, 9.17) is 16.9 Å². The lowest BCUT2D eigenvalue weighted by molar-refractivity contribution is 0.871. The molecule has 7 heteroatoms. The molecular weight excluding hydrogens is 372 g/mol. The second-order valence-corrected chi connectivity index (χ2v) is 6.94. The van der Waals surface area contributed by atoms with Crippen molar-refractivity contribution >= 4 is 34.5 Å². The first kappa shape index (κ1) is 16.8. The summed E-state index contributed by atoms with van der Waals surface area (Å²) in [6, 6.07) is 17.8. The van der Waals surface area contributed by atoms with Gasteiger partial charge in [0, 0.05) is 17.3 Å². The van der Waals surface area contributed by atoms with Crippen molar-refractivity contribution in [3.8, 4) is 11.4 Å². The molecule has 0 atom stereocenters. The Morgan fingerprint density at radius 3 is 2.75 bits per heavy atom. The highest BCUT2D eigenvalue weighted by Crippen LogP contribution is 2.45. The topological polar surface area (TPSA) is 71.8 Å². The first-order valence-corrected chi connectivity index (χ1v) is 9.28.